The van der Waals surface area contributed by atoms with Gasteiger partial charge in [0.25, 0.3) is 0 Å². The number of Topliss-reactive ketones (excluding diaryl/α,β-unsaturated/α-hetero) is 1. The highest BCUT2D eigenvalue weighted by atomic mass is 16.5. The largest absolute Gasteiger partial charge is 0.425 e. The summed E-state index contributed by atoms with van der Waals surface area (Å²) in [4.78, 5) is 31.0. The van der Waals surface area contributed by atoms with Gasteiger partial charge in [0, 0.05) is 34.9 Å². The van der Waals surface area contributed by atoms with Crippen LogP contribution in [-0.2, 0) is 4.79 Å². The van der Waals surface area contributed by atoms with Gasteiger partial charge < -0.3 is 4.74 Å². The molecular weight excluding hydrogens is 338 g/mol. The molecule has 0 unspecified atom stereocenters. The van der Waals surface area contributed by atoms with Gasteiger partial charge in [0.2, 0.25) is 0 Å². The molecule has 27 heavy (non-hydrogen) atoms. The molecule has 5 rings (SSSR count). The summed E-state index contributed by atoms with van der Waals surface area (Å²) in [6, 6.07) is 22.3. The van der Waals surface area contributed by atoms with Crippen molar-refractivity contribution in [3.05, 3.63) is 95.8 Å². The Morgan fingerprint density at radius 3 is 2.48 bits per heavy atom. The number of ether oxygens (including phenoxy) is 1. The van der Waals surface area contributed by atoms with Crippen molar-refractivity contribution in [2.45, 2.75) is 18.3 Å². The number of hydrogen-bond acceptors (Lipinski definition) is 4. The zero-order valence-electron chi connectivity index (χ0n) is 14.5. The standard InChI is InChI=1S/C23H17NO3/c25-21(15-8-2-1-3-9-15)23-14-17(18-11-6-7-13-24-18)20(23)16-10-4-5-12-19(16)27-22(23)26/h1-13,17,20H,14H2/t17-,20+,23-/m1/s1. The fourth-order valence-electron chi connectivity index (χ4n) is 4.53. The Morgan fingerprint density at radius 1 is 0.963 bits per heavy atom. The number of hydrogen-bond donors (Lipinski definition) is 0. The topological polar surface area (TPSA) is 56.3 Å². The second kappa shape index (κ2) is 5.88. The third-order valence-electron chi connectivity index (χ3n) is 5.80. The van der Waals surface area contributed by atoms with E-state index in [2.05, 4.69) is 4.98 Å². The van der Waals surface area contributed by atoms with E-state index in [4.69, 9.17) is 4.74 Å². The second-order valence-electron chi connectivity index (χ2n) is 7.14. The van der Waals surface area contributed by atoms with Gasteiger partial charge >= 0.3 is 5.97 Å². The lowest BCUT2D eigenvalue weighted by atomic mass is 9.47. The third-order valence-corrected chi connectivity index (χ3v) is 5.80. The second-order valence-corrected chi connectivity index (χ2v) is 7.14. The number of carbonyl (C=O) groups is 2. The number of ketones is 1. The summed E-state index contributed by atoms with van der Waals surface area (Å²) >= 11 is 0. The summed E-state index contributed by atoms with van der Waals surface area (Å²) in [5, 5.41) is 0. The molecule has 1 aliphatic heterocycles. The molecule has 4 nitrogen and oxygen atoms in total. The monoisotopic (exact) mass is 355 g/mol. The smallest absolute Gasteiger partial charge is 0.326 e. The van der Waals surface area contributed by atoms with Crippen molar-refractivity contribution >= 4 is 11.8 Å². The minimum absolute atomic E-state index is 0.00728. The number of nitrogens with zero attached hydrogens (tertiary/aromatic N) is 1. The Hall–Kier alpha value is -3.27. The van der Waals surface area contributed by atoms with Crippen LogP contribution in [0.1, 0.15) is 39.9 Å². The fraction of sp³-hybridized carbons (Fsp3) is 0.174. The Morgan fingerprint density at radius 2 is 1.70 bits per heavy atom. The number of rotatable bonds is 3. The van der Waals surface area contributed by atoms with Crippen LogP contribution < -0.4 is 4.74 Å². The van der Waals surface area contributed by atoms with Gasteiger partial charge in [-0.25, -0.2) is 0 Å². The van der Waals surface area contributed by atoms with Crippen LogP contribution >= 0.6 is 0 Å². The maximum absolute atomic E-state index is 13.5. The Bertz CT molecular complexity index is 1030. The van der Waals surface area contributed by atoms with E-state index < -0.39 is 11.4 Å². The van der Waals surface area contributed by atoms with E-state index in [1.165, 1.54) is 0 Å². The third kappa shape index (κ3) is 2.19. The van der Waals surface area contributed by atoms with Crippen molar-refractivity contribution in [3.63, 3.8) is 0 Å². The lowest BCUT2D eigenvalue weighted by Gasteiger charge is -2.54. The van der Waals surface area contributed by atoms with Crippen molar-refractivity contribution in [1.82, 2.24) is 4.98 Å². The maximum atomic E-state index is 13.5. The first-order valence-corrected chi connectivity index (χ1v) is 9.04. The molecule has 0 amide bonds. The SMILES string of the molecule is O=C1Oc2ccccc2[C@H]2[C@@H](c3ccccn3)C[C@@]12C(=O)c1ccccc1. The first-order valence-electron chi connectivity index (χ1n) is 9.04. The van der Waals surface area contributed by atoms with Crippen LogP contribution in [0.5, 0.6) is 5.75 Å². The quantitative estimate of drug-likeness (QED) is 0.307. The molecular formula is C23H17NO3. The summed E-state index contributed by atoms with van der Waals surface area (Å²) in [5.41, 5.74) is 1.17. The van der Waals surface area contributed by atoms with E-state index in [0.29, 0.717) is 17.7 Å². The predicted molar refractivity (Wildman–Crippen MR) is 99.6 cm³/mol. The Kier molecular flexibility index (Phi) is 3.47. The zero-order valence-corrected chi connectivity index (χ0v) is 14.5. The molecule has 1 saturated carbocycles. The molecule has 1 fully saturated rings. The average Bonchev–Trinajstić information content (AvgIpc) is 2.70. The van der Waals surface area contributed by atoms with Crippen molar-refractivity contribution in [2.75, 3.05) is 0 Å². The summed E-state index contributed by atoms with van der Waals surface area (Å²) in [6.07, 6.45) is 2.16. The molecule has 4 heteroatoms. The van der Waals surface area contributed by atoms with E-state index in [1.54, 1.807) is 24.4 Å². The number of carbonyl (C=O) groups excluding carboxylic acids is 2. The lowest BCUT2D eigenvalue weighted by molar-refractivity contribution is -0.153. The van der Waals surface area contributed by atoms with Crippen LogP contribution in [0.15, 0.2) is 79.0 Å². The first-order chi connectivity index (χ1) is 13.2. The molecule has 132 valence electrons. The molecule has 2 heterocycles. The fourth-order valence-corrected chi connectivity index (χ4v) is 4.53. The van der Waals surface area contributed by atoms with E-state index in [0.717, 1.165) is 11.3 Å². The summed E-state index contributed by atoms with van der Waals surface area (Å²) < 4.78 is 5.62. The summed E-state index contributed by atoms with van der Waals surface area (Å²) in [5.74, 6) is -0.331. The van der Waals surface area contributed by atoms with Crippen LogP contribution in [-0.4, -0.2) is 16.7 Å². The Balaban J connectivity index is 1.66. The Labute approximate surface area is 156 Å². The molecule has 3 atom stereocenters. The highest BCUT2D eigenvalue weighted by molar-refractivity contribution is 6.15. The first kappa shape index (κ1) is 15.9. The highest BCUT2D eigenvalue weighted by Crippen LogP contribution is 2.66. The van der Waals surface area contributed by atoms with Gasteiger partial charge in [-0.2, -0.15) is 0 Å². The number of pyridine rings is 1. The van der Waals surface area contributed by atoms with Crippen molar-refractivity contribution in [2.24, 2.45) is 5.41 Å². The number of para-hydroxylation sites is 1. The minimum Gasteiger partial charge on any atom is -0.425 e. The van der Waals surface area contributed by atoms with Crippen molar-refractivity contribution in [3.8, 4) is 5.75 Å². The van der Waals surface area contributed by atoms with E-state index in [9.17, 15) is 9.59 Å². The maximum Gasteiger partial charge on any atom is 0.326 e. The molecule has 0 spiro atoms. The van der Waals surface area contributed by atoms with Crippen LogP contribution in [0.3, 0.4) is 0 Å². The predicted octanol–water partition coefficient (Wildman–Crippen LogP) is 4.14. The zero-order chi connectivity index (χ0) is 18.4. The van der Waals surface area contributed by atoms with Gasteiger partial charge in [-0.05, 0) is 24.6 Å². The van der Waals surface area contributed by atoms with E-state index in [1.807, 2.05) is 54.6 Å². The van der Waals surface area contributed by atoms with Gasteiger partial charge in [0.05, 0.1) is 0 Å². The molecule has 0 saturated heterocycles. The van der Waals surface area contributed by atoms with E-state index in [-0.39, 0.29) is 17.6 Å². The molecule has 0 N–H and O–H groups in total. The van der Waals surface area contributed by atoms with Crippen molar-refractivity contribution < 1.29 is 14.3 Å². The molecule has 1 aliphatic carbocycles. The van der Waals surface area contributed by atoms with Crippen LogP contribution in [0.2, 0.25) is 0 Å². The molecule has 3 aromatic rings. The average molecular weight is 355 g/mol. The molecule has 2 aliphatic rings. The molecule has 2 aromatic carbocycles. The minimum atomic E-state index is -1.18. The van der Waals surface area contributed by atoms with Gasteiger partial charge in [-0.15, -0.1) is 0 Å². The summed E-state index contributed by atoms with van der Waals surface area (Å²) in [7, 11) is 0. The number of benzene rings is 2. The summed E-state index contributed by atoms with van der Waals surface area (Å²) in [6.45, 7) is 0. The van der Waals surface area contributed by atoms with E-state index >= 15 is 0 Å². The lowest BCUT2D eigenvalue weighted by Crippen LogP contribution is -2.59. The molecule has 0 bridgehead atoms. The van der Waals surface area contributed by atoms with Gasteiger partial charge in [0.1, 0.15) is 11.2 Å². The number of fused-ring (bicyclic) bond motifs is 3. The molecule has 0 radical (unpaired) electrons. The number of aromatic nitrogens is 1. The number of esters is 1. The van der Waals surface area contributed by atoms with Crippen molar-refractivity contribution in [1.29, 1.82) is 0 Å². The van der Waals surface area contributed by atoms with Crippen LogP contribution in [0.25, 0.3) is 0 Å². The van der Waals surface area contributed by atoms with Crippen LogP contribution in [0.4, 0.5) is 0 Å². The van der Waals surface area contributed by atoms with Gasteiger partial charge in [-0.3, -0.25) is 14.6 Å². The molecule has 1 aromatic heterocycles. The van der Waals surface area contributed by atoms with Gasteiger partial charge in [0.15, 0.2) is 5.78 Å². The highest BCUT2D eigenvalue weighted by Gasteiger charge is 2.67. The van der Waals surface area contributed by atoms with Crippen LogP contribution in [0, 0.1) is 5.41 Å². The normalized spacial score (nSPS) is 25.6. The van der Waals surface area contributed by atoms with Gasteiger partial charge in [-0.1, -0.05) is 54.6 Å².